The van der Waals surface area contributed by atoms with E-state index in [1.54, 1.807) is 6.07 Å². The van der Waals surface area contributed by atoms with Gasteiger partial charge in [-0.2, -0.15) is 0 Å². The zero-order chi connectivity index (χ0) is 21.3. The monoisotopic (exact) mass is 402 g/mol. The summed E-state index contributed by atoms with van der Waals surface area (Å²) in [5.41, 5.74) is 5.64. The van der Waals surface area contributed by atoms with Crippen molar-refractivity contribution in [1.29, 1.82) is 0 Å². The number of Topliss-reactive ketones (excluding diaryl/α,β-unsaturated/α-hetero) is 1. The van der Waals surface area contributed by atoms with Gasteiger partial charge in [-0.15, -0.1) is 0 Å². The lowest BCUT2D eigenvalue weighted by atomic mass is 9.97. The minimum Gasteiger partial charge on any atom is -0.294 e. The van der Waals surface area contributed by atoms with Crippen molar-refractivity contribution in [3.8, 4) is 22.3 Å². The van der Waals surface area contributed by atoms with Crippen LogP contribution in [0, 0.1) is 5.82 Å². The van der Waals surface area contributed by atoms with Crippen LogP contribution in [-0.2, 0) is 6.42 Å². The quantitative estimate of drug-likeness (QED) is 0.246. The van der Waals surface area contributed by atoms with Gasteiger partial charge in [-0.25, -0.2) is 4.39 Å². The van der Waals surface area contributed by atoms with Crippen molar-refractivity contribution in [2.45, 2.75) is 58.8 Å². The number of carbonyl (C=O) groups is 1. The molecule has 30 heavy (non-hydrogen) atoms. The summed E-state index contributed by atoms with van der Waals surface area (Å²) in [5, 5.41) is 0. The van der Waals surface area contributed by atoms with Gasteiger partial charge in [0.05, 0.1) is 5.56 Å². The van der Waals surface area contributed by atoms with Crippen molar-refractivity contribution in [2.75, 3.05) is 0 Å². The molecule has 0 fully saturated rings. The minimum absolute atomic E-state index is 0.116. The number of ketones is 1. The van der Waals surface area contributed by atoms with E-state index in [4.69, 9.17) is 0 Å². The Hall–Kier alpha value is -2.74. The first kappa shape index (κ1) is 22.0. The average molecular weight is 403 g/mol. The Morgan fingerprint density at radius 1 is 0.700 bits per heavy atom. The van der Waals surface area contributed by atoms with E-state index in [1.165, 1.54) is 36.5 Å². The molecular weight excluding hydrogens is 371 g/mol. The van der Waals surface area contributed by atoms with Crippen LogP contribution in [0.25, 0.3) is 22.3 Å². The number of unbranched alkanes of at least 4 members (excludes halogenated alkanes) is 3. The second-order valence-electron chi connectivity index (χ2n) is 7.95. The van der Waals surface area contributed by atoms with Crippen LogP contribution in [0.15, 0.2) is 66.7 Å². The zero-order valence-electron chi connectivity index (χ0n) is 18.1. The molecule has 3 aromatic rings. The predicted octanol–water partition coefficient (Wildman–Crippen LogP) is 8.27. The normalized spacial score (nSPS) is 10.9. The SMILES string of the molecule is CCCCCc1ccc(-c2ccc(-c3ccc(C(=O)CCCC)c(F)c3)cc2)cc1. The molecule has 0 aliphatic heterocycles. The number of carbonyl (C=O) groups excluding carboxylic acids is 1. The molecule has 3 rings (SSSR count). The summed E-state index contributed by atoms with van der Waals surface area (Å²) in [4.78, 5) is 12.1. The molecule has 3 aromatic carbocycles. The molecule has 0 aromatic heterocycles. The average Bonchev–Trinajstić information content (AvgIpc) is 2.78. The molecule has 0 amide bonds. The van der Waals surface area contributed by atoms with E-state index >= 15 is 0 Å². The van der Waals surface area contributed by atoms with Crippen molar-refractivity contribution in [1.82, 2.24) is 0 Å². The number of halogens is 1. The third-order valence-corrected chi connectivity index (χ3v) is 5.60. The van der Waals surface area contributed by atoms with Crippen LogP contribution in [0.3, 0.4) is 0 Å². The van der Waals surface area contributed by atoms with Crippen LogP contribution >= 0.6 is 0 Å². The molecule has 0 atom stereocenters. The Morgan fingerprint density at radius 2 is 1.23 bits per heavy atom. The maximum Gasteiger partial charge on any atom is 0.165 e. The summed E-state index contributed by atoms with van der Waals surface area (Å²) >= 11 is 0. The topological polar surface area (TPSA) is 17.1 Å². The van der Waals surface area contributed by atoms with Gasteiger partial charge in [-0.3, -0.25) is 4.79 Å². The van der Waals surface area contributed by atoms with E-state index in [0.717, 1.165) is 36.0 Å². The van der Waals surface area contributed by atoms with Crippen LogP contribution < -0.4 is 0 Å². The second kappa shape index (κ2) is 10.9. The number of rotatable bonds is 10. The molecular formula is C28H31FO. The van der Waals surface area contributed by atoms with Gasteiger partial charge in [0.1, 0.15) is 5.82 Å². The van der Waals surface area contributed by atoms with Gasteiger partial charge in [-0.1, -0.05) is 87.7 Å². The Balaban J connectivity index is 1.71. The molecule has 0 aliphatic rings. The standard InChI is InChI=1S/C28H31FO/c1-3-5-7-8-21-10-12-22(13-11-21)23-14-16-24(17-15-23)25-18-19-26(27(29)20-25)28(30)9-6-4-2/h10-20H,3-9H2,1-2H3. The van der Waals surface area contributed by atoms with Gasteiger partial charge >= 0.3 is 0 Å². The van der Waals surface area contributed by atoms with E-state index in [9.17, 15) is 9.18 Å². The fourth-order valence-electron chi connectivity index (χ4n) is 3.69. The fraction of sp³-hybridized carbons (Fsp3) is 0.321. The molecule has 0 saturated carbocycles. The second-order valence-corrected chi connectivity index (χ2v) is 7.95. The van der Waals surface area contributed by atoms with E-state index in [2.05, 4.69) is 43.3 Å². The molecule has 0 unspecified atom stereocenters. The third-order valence-electron chi connectivity index (χ3n) is 5.60. The van der Waals surface area contributed by atoms with Crippen molar-refractivity contribution < 1.29 is 9.18 Å². The van der Waals surface area contributed by atoms with Crippen molar-refractivity contribution in [3.05, 3.63) is 83.7 Å². The molecule has 1 nitrogen and oxygen atoms in total. The highest BCUT2D eigenvalue weighted by Crippen LogP contribution is 2.27. The molecule has 0 heterocycles. The summed E-state index contributed by atoms with van der Waals surface area (Å²) in [7, 11) is 0. The highest BCUT2D eigenvalue weighted by molar-refractivity contribution is 5.96. The van der Waals surface area contributed by atoms with E-state index < -0.39 is 5.82 Å². The molecule has 156 valence electrons. The summed E-state index contributed by atoms with van der Waals surface area (Å²) in [5.74, 6) is -0.550. The number of aryl methyl sites for hydroxylation is 1. The molecule has 0 N–H and O–H groups in total. The summed E-state index contributed by atoms with van der Waals surface area (Å²) in [6, 6.07) is 21.9. The lowest BCUT2D eigenvalue weighted by Gasteiger charge is -2.08. The van der Waals surface area contributed by atoms with E-state index in [1.807, 2.05) is 25.1 Å². The van der Waals surface area contributed by atoms with Gasteiger partial charge in [0, 0.05) is 6.42 Å². The molecule has 0 bridgehead atoms. The van der Waals surface area contributed by atoms with E-state index in [-0.39, 0.29) is 11.3 Å². The first-order valence-corrected chi connectivity index (χ1v) is 11.1. The molecule has 0 aliphatic carbocycles. The van der Waals surface area contributed by atoms with Gasteiger partial charge in [0.15, 0.2) is 5.78 Å². The first-order valence-electron chi connectivity index (χ1n) is 11.1. The summed E-state index contributed by atoms with van der Waals surface area (Å²) in [6.45, 7) is 4.25. The van der Waals surface area contributed by atoms with Crippen molar-refractivity contribution in [3.63, 3.8) is 0 Å². The summed E-state index contributed by atoms with van der Waals surface area (Å²) < 4.78 is 14.5. The van der Waals surface area contributed by atoms with Gasteiger partial charge in [0.2, 0.25) is 0 Å². The van der Waals surface area contributed by atoms with Crippen LogP contribution in [0.2, 0.25) is 0 Å². The Morgan fingerprint density at radius 3 is 1.80 bits per heavy atom. The Bertz CT molecular complexity index is 955. The van der Waals surface area contributed by atoms with Crippen LogP contribution in [0.5, 0.6) is 0 Å². The van der Waals surface area contributed by atoms with Crippen LogP contribution in [-0.4, -0.2) is 5.78 Å². The zero-order valence-corrected chi connectivity index (χ0v) is 18.1. The number of hydrogen-bond donors (Lipinski definition) is 0. The number of hydrogen-bond acceptors (Lipinski definition) is 1. The third kappa shape index (κ3) is 5.66. The predicted molar refractivity (Wildman–Crippen MR) is 124 cm³/mol. The molecule has 2 heteroatoms. The van der Waals surface area contributed by atoms with E-state index in [0.29, 0.717) is 6.42 Å². The molecule has 0 saturated heterocycles. The maximum atomic E-state index is 14.5. The first-order chi connectivity index (χ1) is 14.6. The fourth-order valence-corrected chi connectivity index (χ4v) is 3.69. The van der Waals surface area contributed by atoms with Gasteiger partial charge in [0.25, 0.3) is 0 Å². The maximum absolute atomic E-state index is 14.5. The highest BCUT2D eigenvalue weighted by atomic mass is 19.1. The molecule has 0 radical (unpaired) electrons. The minimum atomic E-state index is -0.434. The lowest BCUT2D eigenvalue weighted by Crippen LogP contribution is -2.02. The smallest absolute Gasteiger partial charge is 0.165 e. The Kier molecular flexibility index (Phi) is 7.96. The largest absolute Gasteiger partial charge is 0.294 e. The Labute approximate surface area is 180 Å². The van der Waals surface area contributed by atoms with Crippen LogP contribution in [0.1, 0.15) is 68.3 Å². The van der Waals surface area contributed by atoms with Gasteiger partial charge < -0.3 is 0 Å². The summed E-state index contributed by atoms with van der Waals surface area (Å²) in [6.07, 6.45) is 7.02. The van der Waals surface area contributed by atoms with Crippen molar-refractivity contribution in [2.24, 2.45) is 0 Å². The van der Waals surface area contributed by atoms with Gasteiger partial charge in [-0.05, 0) is 59.2 Å². The highest BCUT2D eigenvalue weighted by Gasteiger charge is 2.12. The van der Waals surface area contributed by atoms with Crippen LogP contribution in [0.4, 0.5) is 4.39 Å². The number of benzene rings is 3. The lowest BCUT2D eigenvalue weighted by molar-refractivity contribution is 0.0976. The molecule has 0 spiro atoms. The van der Waals surface area contributed by atoms with Crippen molar-refractivity contribution >= 4 is 5.78 Å².